The number of hydrogen-bond acceptors (Lipinski definition) is 1. The first kappa shape index (κ1) is 11.4. The van der Waals surface area contributed by atoms with Gasteiger partial charge in [-0.05, 0) is 52.7 Å². The Hall–Kier alpha value is -0.720. The van der Waals surface area contributed by atoms with E-state index in [4.69, 9.17) is 0 Å². The van der Waals surface area contributed by atoms with Gasteiger partial charge in [0.05, 0.1) is 0 Å². The van der Waals surface area contributed by atoms with Crippen LogP contribution >= 0.6 is 0 Å². The summed E-state index contributed by atoms with van der Waals surface area (Å²) in [7, 11) is 0. The number of nitrogens with zero attached hydrogens (tertiary/aromatic N) is 1. The number of allylic oxidation sites excluding steroid dienone is 3. The van der Waals surface area contributed by atoms with Crippen molar-refractivity contribution in [2.45, 2.75) is 46.5 Å². The lowest BCUT2D eigenvalue weighted by Gasteiger charge is -2.12. The molecule has 0 radical (unpaired) electrons. The van der Waals surface area contributed by atoms with E-state index in [-0.39, 0.29) is 0 Å². The maximum Gasteiger partial charge on any atom is 0.0173 e. The summed E-state index contributed by atoms with van der Waals surface area (Å²) in [6, 6.07) is 0. The molecule has 0 spiro atoms. The van der Waals surface area contributed by atoms with Crippen molar-refractivity contribution in [2.24, 2.45) is 0 Å². The molecule has 14 heavy (non-hydrogen) atoms. The van der Waals surface area contributed by atoms with Gasteiger partial charge in [0, 0.05) is 13.1 Å². The lowest BCUT2D eigenvalue weighted by molar-refractivity contribution is 0.462. The Morgan fingerprint density at radius 1 is 1.14 bits per heavy atom. The Morgan fingerprint density at radius 2 is 1.79 bits per heavy atom. The molecule has 0 saturated carbocycles. The quantitative estimate of drug-likeness (QED) is 0.615. The molecule has 0 bridgehead atoms. The molecule has 0 aromatic rings. The first-order valence-electron chi connectivity index (χ1n) is 5.73. The summed E-state index contributed by atoms with van der Waals surface area (Å²) in [5, 5.41) is 0. The summed E-state index contributed by atoms with van der Waals surface area (Å²) < 4.78 is 0. The monoisotopic (exact) mass is 193 g/mol. The SMILES string of the molecule is CC(C)=CCC/C(C)=C/N1CCCC1. The fourth-order valence-electron chi connectivity index (χ4n) is 1.84. The minimum Gasteiger partial charge on any atom is -0.377 e. The molecule has 0 aliphatic carbocycles. The molecular weight excluding hydrogens is 170 g/mol. The van der Waals surface area contributed by atoms with E-state index in [0.717, 1.165) is 0 Å². The Morgan fingerprint density at radius 3 is 2.36 bits per heavy atom. The Balaban J connectivity index is 2.26. The van der Waals surface area contributed by atoms with Crippen LogP contribution in [-0.2, 0) is 0 Å². The lowest BCUT2D eigenvalue weighted by Crippen LogP contribution is -2.11. The van der Waals surface area contributed by atoms with E-state index in [1.54, 1.807) is 0 Å². The second-order valence-corrected chi connectivity index (χ2v) is 4.54. The Kier molecular flexibility index (Phi) is 4.78. The molecular formula is C13H23N. The molecule has 1 fully saturated rings. The molecule has 0 amide bonds. The summed E-state index contributed by atoms with van der Waals surface area (Å²) in [6.45, 7) is 9.11. The van der Waals surface area contributed by atoms with E-state index in [1.165, 1.54) is 49.9 Å². The molecule has 1 saturated heterocycles. The second-order valence-electron chi connectivity index (χ2n) is 4.54. The standard InChI is InChI=1S/C13H23N/c1-12(2)7-6-8-13(3)11-14-9-4-5-10-14/h7,11H,4-6,8-10H2,1-3H3/b13-11+. The van der Waals surface area contributed by atoms with Crippen LogP contribution in [0.15, 0.2) is 23.4 Å². The van der Waals surface area contributed by atoms with Gasteiger partial charge < -0.3 is 4.90 Å². The molecule has 0 atom stereocenters. The maximum atomic E-state index is 2.46. The molecule has 1 heterocycles. The van der Waals surface area contributed by atoms with Crippen LogP contribution in [0, 0.1) is 0 Å². The van der Waals surface area contributed by atoms with Crippen LogP contribution < -0.4 is 0 Å². The molecule has 1 nitrogen and oxygen atoms in total. The predicted octanol–water partition coefficient (Wildman–Crippen LogP) is 3.73. The van der Waals surface area contributed by atoms with E-state index in [2.05, 4.69) is 37.9 Å². The normalized spacial score (nSPS) is 17.4. The minimum atomic E-state index is 1.19. The van der Waals surface area contributed by atoms with Gasteiger partial charge in [-0.15, -0.1) is 0 Å². The molecule has 80 valence electrons. The van der Waals surface area contributed by atoms with Crippen LogP contribution in [-0.4, -0.2) is 18.0 Å². The average molecular weight is 193 g/mol. The number of hydrogen-bond donors (Lipinski definition) is 0. The fraction of sp³-hybridized carbons (Fsp3) is 0.692. The second kappa shape index (κ2) is 5.90. The van der Waals surface area contributed by atoms with Crippen LogP contribution in [0.25, 0.3) is 0 Å². The molecule has 1 aliphatic rings. The van der Waals surface area contributed by atoms with E-state index >= 15 is 0 Å². The molecule has 1 rings (SSSR count). The average Bonchev–Trinajstić information content (AvgIpc) is 2.56. The van der Waals surface area contributed by atoms with Gasteiger partial charge in [-0.2, -0.15) is 0 Å². The zero-order valence-corrected chi connectivity index (χ0v) is 9.84. The largest absolute Gasteiger partial charge is 0.377 e. The van der Waals surface area contributed by atoms with Gasteiger partial charge in [0.2, 0.25) is 0 Å². The summed E-state index contributed by atoms with van der Waals surface area (Å²) >= 11 is 0. The third kappa shape index (κ3) is 4.50. The first-order valence-corrected chi connectivity index (χ1v) is 5.73. The Bertz CT molecular complexity index is 215. The van der Waals surface area contributed by atoms with Gasteiger partial charge in [-0.25, -0.2) is 0 Å². The summed E-state index contributed by atoms with van der Waals surface area (Å²) in [6.07, 6.45) is 9.82. The van der Waals surface area contributed by atoms with Crippen molar-refractivity contribution >= 4 is 0 Å². The molecule has 1 aliphatic heterocycles. The van der Waals surface area contributed by atoms with Crippen molar-refractivity contribution in [3.63, 3.8) is 0 Å². The minimum absolute atomic E-state index is 1.19. The van der Waals surface area contributed by atoms with Gasteiger partial charge in [0.25, 0.3) is 0 Å². The van der Waals surface area contributed by atoms with Crippen LogP contribution in [0.3, 0.4) is 0 Å². The summed E-state index contributed by atoms with van der Waals surface area (Å²) in [4.78, 5) is 2.46. The highest BCUT2D eigenvalue weighted by Gasteiger charge is 2.06. The van der Waals surface area contributed by atoms with Gasteiger partial charge in [0.1, 0.15) is 0 Å². The number of rotatable bonds is 4. The van der Waals surface area contributed by atoms with Crippen LogP contribution in [0.4, 0.5) is 0 Å². The van der Waals surface area contributed by atoms with Crippen LogP contribution in [0.1, 0.15) is 46.5 Å². The Labute approximate surface area is 88.5 Å². The third-order valence-corrected chi connectivity index (χ3v) is 2.63. The van der Waals surface area contributed by atoms with E-state index in [0.29, 0.717) is 0 Å². The van der Waals surface area contributed by atoms with Crippen molar-refractivity contribution in [2.75, 3.05) is 13.1 Å². The topological polar surface area (TPSA) is 3.24 Å². The highest BCUT2D eigenvalue weighted by molar-refractivity contribution is 5.02. The molecule has 1 heteroatoms. The zero-order valence-electron chi connectivity index (χ0n) is 9.84. The summed E-state index contributed by atoms with van der Waals surface area (Å²) in [5.74, 6) is 0. The molecule has 0 unspecified atom stereocenters. The predicted molar refractivity (Wildman–Crippen MR) is 63.2 cm³/mol. The van der Waals surface area contributed by atoms with Crippen molar-refractivity contribution in [3.05, 3.63) is 23.4 Å². The van der Waals surface area contributed by atoms with Crippen molar-refractivity contribution < 1.29 is 0 Å². The van der Waals surface area contributed by atoms with E-state index in [1.807, 2.05) is 0 Å². The maximum absolute atomic E-state index is 2.46. The highest BCUT2D eigenvalue weighted by atomic mass is 15.1. The highest BCUT2D eigenvalue weighted by Crippen LogP contribution is 2.12. The molecule has 0 aromatic carbocycles. The smallest absolute Gasteiger partial charge is 0.0173 e. The van der Waals surface area contributed by atoms with Crippen molar-refractivity contribution in [1.29, 1.82) is 0 Å². The van der Waals surface area contributed by atoms with Gasteiger partial charge in [0.15, 0.2) is 0 Å². The van der Waals surface area contributed by atoms with Gasteiger partial charge in [-0.3, -0.25) is 0 Å². The fourth-order valence-corrected chi connectivity index (χ4v) is 1.84. The van der Waals surface area contributed by atoms with E-state index in [9.17, 15) is 0 Å². The van der Waals surface area contributed by atoms with Crippen LogP contribution in [0.5, 0.6) is 0 Å². The lowest BCUT2D eigenvalue weighted by atomic mass is 10.1. The van der Waals surface area contributed by atoms with Crippen LogP contribution in [0.2, 0.25) is 0 Å². The summed E-state index contributed by atoms with van der Waals surface area (Å²) in [5.41, 5.74) is 2.95. The van der Waals surface area contributed by atoms with Gasteiger partial charge in [-0.1, -0.05) is 17.2 Å². The van der Waals surface area contributed by atoms with Crippen molar-refractivity contribution in [1.82, 2.24) is 4.90 Å². The molecule has 0 aromatic heterocycles. The van der Waals surface area contributed by atoms with E-state index < -0.39 is 0 Å². The zero-order chi connectivity index (χ0) is 10.4. The van der Waals surface area contributed by atoms with Crippen molar-refractivity contribution in [3.8, 4) is 0 Å². The first-order chi connectivity index (χ1) is 6.68. The number of likely N-dealkylation sites (tertiary alicyclic amines) is 1. The molecule has 0 N–H and O–H groups in total. The third-order valence-electron chi connectivity index (χ3n) is 2.63. The van der Waals surface area contributed by atoms with Gasteiger partial charge >= 0.3 is 0 Å².